The number of nitrogens with one attached hydrogen (secondary N) is 3. The molecule has 10 heteroatoms. The van der Waals surface area contributed by atoms with Crippen LogP contribution in [0.1, 0.15) is 34.6 Å². The smallest absolute Gasteiger partial charge is 0.382 e. The first-order valence-electron chi connectivity index (χ1n) is 10.9. The molecule has 3 amide bonds. The number of aromatic hydroxyl groups is 2. The second-order valence-corrected chi connectivity index (χ2v) is 6.80. The molecule has 0 bridgehead atoms. The van der Waals surface area contributed by atoms with Gasteiger partial charge in [-0.05, 0) is 60.7 Å². The second-order valence-electron chi connectivity index (χ2n) is 6.80. The molecular weight excluding hydrogens is 466 g/mol. The molecule has 196 valence electrons. The maximum atomic E-state index is 10.5. The molecule has 1 aliphatic carbocycles. The number of allylic oxidation sites excluding steroid dienone is 2. The van der Waals surface area contributed by atoms with Crippen molar-refractivity contribution in [2.45, 2.75) is 40.7 Å². The van der Waals surface area contributed by atoms with Crippen molar-refractivity contribution in [3.8, 4) is 11.5 Å². The van der Waals surface area contributed by atoms with Crippen LogP contribution in [0, 0.1) is 0 Å². The predicted molar refractivity (Wildman–Crippen MR) is 141 cm³/mol. The van der Waals surface area contributed by atoms with E-state index in [-0.39, 0.29) is 34.7 Å². The molecule has 0 radical (unpaired) electrons. The molecule has 0 saturated heterocycles. The Bertz CT molecular complexity index is 955. The average Bonchev–Trinajstić information content (AvgIpc) is 2.80. The SMILES string of the molecule is CC.CC(=O)Nc1ccc(O)cc1.CC(=O)Nc1ccc(O)cc1.CC(=O)[NH+]=C1C=CC(O)C=C1.O. The van der Waals surface area contributed by atoms with Gasteiger partial charge in [-0.15, -0.1) is 0 Å². The zero-order valence-electron chi connectivity index (χ0n) is 21.1. The Morgan fingerprint density at radius 2 is 1.06 bits per heavy atom. The van der Waals surface area contributed by atoms with Crippen LogP contribution in [0.3, 0.4) is 0 Å². The van der Waals surface area contributed by atoms with Crippen LogP contribution in [0.2, 0.25) is 0 Å². The van der Waals surface area contributed by atoms with E-state index in [1.807, 2.05) is 13.8 Å². The number of amides is 3. The van der Waals surface area contributed by atoms with Gasteiger partial charge in [0.05, 0.1) is 13.0 Å². The van der Waals surface area contributed by atoms with E-state index in [2.05, 4.69) is 15.6 Å². The van der Waals surface area contributed by atoms with Crippen molar-refractivity contribution in [1.82, 2.24) is 0 Å². The molecule has 1 aliphatic rings. The van der Waals surface area contributed by atoms with Crippen LogP contribution in [-0.4, -0.2) is 50.3 Å². The summed E-state index contributed by atoms with van der Waals surface area (Å²) >= 11 is 0. The van der Waals surface area contributed by atoms with Crippen LogP contribution in [0.4, 0.5) is 11.4 Å². The topological polar surface area (TPSA) is 181 Å². The summed E-state index contributed by atoms with van der Waals surface area (Å²) in [6.07, 6.45) is 6.03. The summed E-state index contributed by atoms with van der Waals surface area (Å²) in [6, 6.07) is 12.6. The number of phenols is 2. The molecule has 0 fully saturated rings. The average molecular weight is 503 g/mol. The molecule has 10 nitrogen and oxygen atoms in total. The predicted octanol–water partition coefficient (Wildman–Crippen LogP) is 1.44. The Kier molecular flexibility index (Phi) is 18.0. The summed E-state index contributed by atoms with van der Waals surface area (Å²) < 4.78 is 0. The highest BCUT2D eigenvalue weighted by Gasteiger charge is 2.06. The van der Waals surface area contributed by atoms with Gasteiger partial charge in [-0.3, -0.25) is 9.59 Å². The third-order valence-electron chi connectivity index (χ3n) is 3.64. The first kappa shape index (κ1) is 33.9. The van der Waals surface area contributed by atoms with E-state index in [9.17, 15) is 14.4 Å². The van der Waals surface area contributed by atoms with Crippen LogP contribution in [0.15, 0.2) is 72.8 Å². The van der Waals surface area contributed by atoms with E-state index in [1.54, 1.807) is 48.6 Å². The van der Waals surface area contributed by atoms with Gasteiger partial charge in [-0.25, -0.2) is 4.79 Å². The summed E-state index contributed by atoms with van der Waals surface area (Å²) in [5.41, 5.74) is 2.09. The van der Waals surface area contributed by atoms with Gasteiger partial charge in [-0.1, -0.05) is 13.8 Å². The van der Waals surface area contributed by atoms with Gasteiger partial charge in [0.2, 0.25) is 17.5 Å². The highest BCUT2D eigenvalue weighted by Crippen LogP contribution is 2.13. The van der Waals surface area contributed by atoms with Gasteiger partial charge in [0.1, 0.15) is 11.5 Å². The fraction of sp³-hybridized carbons (Fsp3) is 0.231. The molecule has 2 aromatic carbocycles. The van der Waals surface area contributed by atoms with Gasteiger partial charge in [0, 0.05) is 37.4 Å². The Morgan fingerprint density at radius 3 is 1.33 bits per heavy atom. The van der Waals surface area contributed by atoms with E-state index in [0.717, 1.165) is 0 Å². The first-order valence-corrected chi connectivity index (χ1v) is 10.9. The first-order chi connectivity index (χ1) is 16.5. The van der Waals surface area contributed by atoms with E-state index < -0.39 is 6.10 Å². The van der Waals surface area contributed by atoms with Crippen LogP contribution in [0.5, 0.6) is 11.5 Å². The monoisotopic (exact) mass is 502 g/mol. The highest BCUT2D eigenvalue weighted by molar-refractivity contribution is 6.02. The standard InChI is InChI=1S/3C8H9NO2.C2H6.H2O/c3*1-6(10)9-7-2-4-8(11)5-3-7;1-2;/h2*2-5,11H,1H3,(H,9,10);2-5,8,11H,1H3;1-2H3;1H2/p+1. The molecule has 0 aromatic heterocycles. The van der Waals surface area contributed by atoms with Crippen molar-refractivity contribution >= 4 is 34.8 Å². The summed E-state index contributed by atoms with van der Waals surface area (Å²) in [4.78, 5) is 34.2. The molecule has 8 N–H and O–H groups in total. The Labute approximate surface area is 211 Å². The molecule has 0 saturated carbocycles. The lowest BCUT2D eigenvalue weighted by molar-refractivity contribution is -0.373. The third kappa shape index (κ3) is 17.2. The fourth-order valence-electron chi connectivity index (χ4n) is 2.31. The van der Waals surface area contributed by atoms with Crippen LogP contribution < -0.4 is 15.6 Å². The highest BCUT2D eigenvalue weighted by atomic mass is 16.3. The maximum Gasteiger partial charge on any atom is 0.382 e. The maximum absolute atomic E-state index is 10.5. The molecule has 2 aromatic rings. The molecule has 36 heavy (non-hydrogen) atoms. The van der Waals surface area contributed by atoms with Crippen LogP contribution >= 0.6 is 0 Å². The van der Waals surface area contributed by atoms with E-state index in [1.165, 1.54) is 45.0 Å². The van der Waals surface area contributed by atoms with Gasteiger partial charge < -0.3 is 31.4 Å². The molecule has 0 heterocycles. The number of rotatable bonds is 2. The van der Waals surface area contributed by atoms with E-state index in [4.69, 9.17) is 15.3 Å². The number of carbonyl (C=O) groups excluding carboxylic acids is 3. The van der Waals surface area contributed by atoms with Crippen molar-refractivity contribution in [1.29, 1.82) is 0 Å². The molecule has 0 unspecified atom stereocenters. The Morgan fingerprint density at radius 1 is 0.722 bits per heavy atom. The minimum absolute atomic E-state index is 0. The molecule has 0 aliphatic heterocycles. The normalized spacial score (nSPS) is 12.5. The zero-order chi connectivity index (χ0) is 26.8. The molecule has 0 spiro atoms. The minimum Gasteiger partial charge on any atom is -0.508 e. The van der Waals surface area contributed by atoms with Gasteiger partial charge in [-0.2, -0.15) is 4.99 Å². The van der Waals surface area contributed by atoms with E-state index >= 15 is 0 Å². The lowest BCUT2D eigenvalue weighted by atomic mass is 10.1. The number of aliphatic hydroxyl groups is 1. The van der Waals surface area contributed by atoms with Crippen molar-refractivity contribution in [3.05, 3.63) is 72.8 Å². The summed E-state index contributed by atoms with van der Waals surface area (Å²) in [6.45, 7) is 8.32. The minimum atomic E-state index is -0.521. The zero-order valence-corrected chi connectivity index (χ0v) is 21.1. The number of hydrogen-bond donors (Lipinski definition) is 6. The quantitative estimate of drug-likeness (QED) is 0.338. The number of benzene rings is 2. The fourth-order valence-corrected chi connectivity index (χ4v) is 2.31. The van der Waals surface area contributed by atoms with Gasteiger partial charge >= 0.3 is 5.91 Å². The number of anilines is 2. The largest absolute Gasteiger partial charge is 0.508 e. The third-order valence-corrected chi connectivity index (χ3v) is 3.64. The van der Waals surface area contributed by atoms with Crippen molar-refractivity contribution in [2.24, 2.45) is 0 Å². The lowest BCUT2D eigenvalue weighted by Gasteiger charge is -1.99. The van der Waals surface area contributed by atoms with Crippen molar-refractivity contribution < 1.29 is 40.2 Å². The van der Waals surface area contributed by atoms with Gasteiger partial charge in [0.25, 0.3) is 0 Å². The van der Waals surface area contributed by atoms with Crippen molar-refractivity contribution in [2.75, 3.05) is 10.6 Å². The van der Waals surface area contributed by atoms with Crippen LogP contribution in [0.25, 0.3) is 0 Å². The summed E-state index contributed by atoms with van der Waals surface area (Å²) in [5, 5.41) is 31.9. The molecule has 0 atom stereocenters. The lowest BCUT2D eigenvalue weighted by Crippen LogP contribution is -2.75. The number of hydrogen-bond acceptors (Lipinski definition) is 6. The van der Waals surface area contributed by atoms with E-state index in [0.29, 0.717) is 17.1 Å². The molecular formula is C26H36N3O7+. The summed E-state index contributed by atoms with van der Waals surface area (Å²) in [7, 11) is 0. The number of phenolic OH excluding ortho intramolecular Hbond substituents is 2. The Balaban J connectivity index is 0. The molecule has 3 rings (SSSR count). The number of carbonyl (C=O) groups is 3. The number of aliphatic hydroxyl groups excluding tert-OH is 1. The van der Waals surface area contributed by atoms with Crippen molar-refractivity contribution in [3.63, 3.8) is 0 Å². The van der Waals surface area contributed by atoms with Crippen LogP contribution in [-0.2, 0) is 14.4 Å². The Hall–Kier alpha value is -4.28. The summed E-state index contributed by atoms with van der Waals surface area (Å²) in [5.74, 6) is 0.0512. The second kappa shape index (κ2) is 19.1. The van der Waals surface area contributed by atoms with Gasteiger partial charge in [0.15, 0.2) is 0 Å².